The Labute approximate surface area is 103 Å². The maximum atomic E-state index is 12.0. The number of carbonyl (C=O) groups is 1. The van der Waals surface area contributed by atoms with E-state index in [1.165, 1.54) is 6.21 Å². The van der Waals surface area contributed by atoms with Crippen molar-refractivity contribution in [1.29, 1.82) is 0 Å². The Kier molecular flexibility index (Phi) is 4.17. The third-order valence-corrected chi connectivity index (χ3v) is 3.64. The summed E-state index contributed by atoms with van der Waals surface area (Å²) in [5, 5.41) is 14.5. The van der Waals surface area contributed by atoms with Gasteiger partial charge >= 0.3 is 0 Å². The molecule has 1 rings (SSSR count). The predicted molar refractivity (Wildman–Crippen MR) is 68.2 cm³/mol. The standard InChI is InChI=1S/C13H24N2O2/c1-12(2)7-5-10(6-8-12)15-11(16)13(3,4)9-14-17/h9-10,17H,5-8H2,1-4H3,(H,15,16). The fourth-order valence-electron chi connectivity index (χ4n) is 2.12. The zero-order valence-electron chi connectivity index (χ0n) is 11.3. The first-order valence-electron chi connectivity index (χ1n) is 6.26. The van der Waals surface area contributed by atoms with Crippen LogP contribution in [0.3, 0.4) is 0 Å². The lowest BCUT2D eigenvalue weighted by Gasteiger charge is -2.35. The van der Waals surface area contributed by atoms with E-state index in [2.05, 4.69) is 24.3 Å². The number of nitrogens with one attached hydrogen (secondary N) is 1. The summed E-state index contributed by atoms with van der Waals surface area (Å²) in [5.41, 5.74) is -0.342. The van der Waals surface area contributed by atoms with Crippen LogP contribution in [0.15, 0.2) is 5.16 Å². The Morgan fingerprint density at radius 2 is 1.94 bits per heavy atom. The van der Waals surface area contributed by atoms with Gasteiger partial charge in [0.05, 0.1) is 11.6 Å². The maximum Gasteiger partial charge on any atom is 0.231 e. The Morgan fingerprint density at radius 3 is 2.41 bits per heavy atom. The van der Waals surface area contributed by atoms with Gasteiger partial charge in [-0.3, -0.25) is 4.79 Å². The van der Waals surface area contributed by atoms with E-state index >= 15 is 0 Å². The molecule has 1 saturated carbocycles. The summed E-state index contributed by atoms with van der Waals surface area (Å²) in [4.78, 5) is 12.0. The molecule has 0 radical (unpaired) electrons. The van der Waals surface area contributed by atoms with E-state index in [4.69, 9.17) is 5.21 Å². The smallest absolute Gasteiger partial charge is 0.231 e. The van der Waals surface area contributed by atoms with E-state index in [9.17, 15) is 4.79 Å². The van der Waals surface area contributed by atoms with Crippen LogP contribution in [0.5, 0.6) is 0 Å². The second-order valence-corrected chi connectivity index (χ2v) is 6.38. The first-order valence-corrected chi connectivity index (χ1v) is 6.26. The van der Waals surface area contributed by atoms with Crippen LogP contribution in [0.4, 0.5) is 0 Å². The molecule has 0 aromatic heterocycles. The van der Waals surface area contributed by atoms with E-state index in [1.54, 1.807) is 13.8 Å². The number of hydrogen-bond donors (Lipinski definition) is 2. The summed E-state index contributed by atoms with van der Waals surface area (Å²) in [6.45, 7) is 8.03. The highest BCUT2D eigenvalue weighted by atomic mass is 16.4. The van der Waals surface area contributed by atoms with Crippen molar-refractivity contribution in [3.63, 3.8) is 0 Å². The van der Waals surface area contributed by atoms with Crippen molar-refractivity contribution in [1.82, 2.24) is 5.32 Å². The summed E-state index contributed by atoms with van der Waals surface area (Å²) in [6, 6.07) is 0.266. The predicted octanol–water partition coefficient (Wildman–Crippen LogP) is 2.56. The average molecular weight is 240 g/mol. The van der Waals surface area contributed by atoms with Gasteiger partial charge in [-0.1, -0.05) is 13.8 Å². The van der Waals surface area contributed by atoms with Crippen LogP contribution in [-0.4, -0.2) is 23.4 Å². The van der Waals surface area contributed by atoms with Crippen LogP contribution >= 0.6 is 0 Å². The number of amides is 1. The van der Waals surface area contributed by atoms with Crippen LogP contribution in [0.2, 0.25) is 0 Å². The Bertz CT molecular complexity index is 299. The van der Waals surface area contributed by atoms with Crippen LogP contribution < -0.4 is 5.32 Å². The van der Waals surface area contributed by atoms with Crippen molar-refractivity contribution >= 4 is 12.1 Å². The first-order chi connectivity index (χ1) is 7.77. The molecule has 1 amide bonds. The summed E-state index contributed by atoms with van der Waals surface area (Å²) < 4.78 is 0. The topological polar surface area (TPSA) is 61.7 Å². The fraction of sp³-hybridized carbons (Fsp3) is 0.846. The van der Waals surface area contributed by atoms with Crippen LogP contribution in [0, 0.1) is 10.8 Å². The van der Waals surface area contributed by atoms with Gasteiger partial charge < -0.3 is 10.5 Å². The molecule has 17 heavy (non-hydrogen) atoms. The van der Waals surface area contributed by atoms with E-state index in [0.717, 1.165) is 25.7 Å². The molecule has 0 heterocycles. The van der Waals surface area contributed by atoms with Crippen molar-refractivity contribution in [2.45, 2.75) is 59.4 Å². The van der Waals surface area contributed by atoms with Crippen LogP contribution in [-0.2, 0) is 4.79 Å². The van der Waals surface area contributed by atoms with Crippen molar-refractivity contribution < 1.29 is 10.0 Å². The largest absolute Gasteiger partial charge is 0.411 e. The zero-order chi connectivity index (χ0) is 13.1. The monoisotopic (exact) mass is 240 g/mol. The molecule has 0 spiro atoms. The number of oxime groups is 1. The lowest BCUT2D eigenvalue weighted by molar-refractivity contribution is -0.127. The molecule has 1 aliphatic carbocycles. The number of nitrogens with zero attached hydrogens (tertiary/aromatic N) is 1. The van der Waals surface area contributed by atoms with Gasteiger partial charge in [0.25, 0.3) is 0 Å². The van der Waals surface area contributed by atoms with E-state index < -0.39 is 5.41 Å². The van der Waals surface area contributed by atoms with Crippen molar-refractivity contribution in [2.75, 3.05) is 0 Å². The van der Waals surface area contributed by atoms with E-state index in [-0.39, 0.29) is 11.9 Å². The van der Waals surface area contributed by atoms with Gasteiger partial charge in [0.15, 0.2) is 0 Å². The summed E-state index contributed by atoms with van der Waals surface area (Å²) >= 11 is 0. The fourth-order valence-corrected chi connectivity index (χ4v) is 2.12. The highest BCUT2D eigenvalue weighted by Gasteiger charge is 2.31. The Morgan fingerprint density at radius 1 is 1.41 bits per heavy atom. The zero-order valence-corrected chi connectivity index (χ0v) is 11.3. The molecule has 0 atom stereocenters. The number of hydrogen-bond acceptors (Lipinski definition) is 3. The van der Waals surface area contributed by atoms with Crippen molar-refractivity contribution in [3.05, 3.63) is 0 Å². The Balaban J connectivity index is 2.48. The molecule has 2 N–H and O–H groups in total. The molecule has 0 aliphatic heterocycles. The Hall–Kier alpha value is -1.06. The lowest BCUT2D eigenvalue weighted by atomic mass is 9.75. The second-order valence-electron chi connectivity index (χ2n) is 6.38. The molecule has 0 aromatic carbocycles. The minimum absolute atomic E-state index is 0.0694. The van der Waals surface area contributed by atoms with Crippen LogP contribution in [0.25, 0.3) is 0 Å². The maximum absolute atomic E-state index is 12.0. The summed E-state index contributed by atoms with van der Waals surface area (Å²) in [7, 11) is 0. The van der Waals surface area contributed by atoms with Crippen molar-refractivity contribution in [3.8, 4) is 0 Å². The molecule has 0 saturated heterocycles. The van der Waals surface area contributed by atoms with Crippen molar-refractivity contribution in [2.24, 2.45) is 16.0 Å². The third kappa shape index (κ3) is 4.02. The molecule has 1 fully saturated rings. The SMILES string of the molecule is CC1(C)CCC(NC(=O)C(C)(C)C=NO)CC1. The quantitative estimate of drug-likeness (QED) is 0.452. The molecule has 1 aliphatic rings. The number of carbonyl (C=O) groups excluding carboxylic acids is 1. The molecule has 0 aromatic rings. The summed E-state index contributed by atoms with van der Waals surface area (Å²) in [5.74, 6) is -0.0694. The summed E-state index contributed by atoms with van der Waals surface area (Å²) in [6.07, 6.45) is 5.63. The first kappa shape index (κ1) is 14.0. The van der Waals surface area contributed by atoms with Gasteiger partial charge in [0.1, 0.15) is 0 Å². The van der Waals surface area contributed by atoms with Gasteiger partial charge in [0.2, 0.25) is 5.91 Å². The average Bonchev–Trinajstić information content (AvgIpc) is 2.21. The second kappa shape index (κ2) is 5.07. The van der Waals surface area contributed by atoms with Gasteiger partial charge in [0, 0.05) is 6.04 Å². The minimum Gasteiger partial charge on any atom is -0.411 e. The van der Waals surface area contributed by atoms with Gasteiger partial charge in [-0.2, -0.15) is 0 Å². The normalized spacial score (nSPS) is 21.6. The molecular weight excluding hydrogens is 216 g/mol. The highest BCUT2D eigenvalue weighted by molar-refractivity contribution is 5.97. The molecule has 4 heteroatoms. The highest BCUT2D eigenvalue weighted by Crippen LogP contribution is 2.35. The van der Waals surface area contributed by atoms with Crippen LogP contribution in [0.1, 0.15) is 53.4 Å². The molecular formula is C13H24N2O2. The molecule has 98 valence electrons. The van der Waals surface area contributed by atoms with Gasteiger partial charge in [-0.15, -0.1) is 5.16 Å². The van der Waals surface area contributed by atoms with Gasteiger partial charge in [-0.25, -0.2) is 0 Å². The lowest BCUT2D eigenvalue weighted by Crippen LogP contribution is -2.45. The van der Waals surface area contributed by atoms with Gasteiger partial charge in [-0.05, 0) is 44.9 Å². The third-order valence-electron chi connectivity index (χ3n) is 3.64. The molecule has 0 unspecified atom stereocenters. The van der Waals surface area contributed by atoms with E-state index in [0.29, 0.717) is 5.41 Å². The van der Waals surface area contributed by atoms with E-state index in [1.807, 2.05) is 0 Å². The minimum atomic E-state index is -0.748. The number of rotatable bonds is 3. The molecule has 0 bridgehead atoms. The molecule has 4 nitrogen and oxygen atoms in total.